The number of rotatable bonds is 6. The molecule has 3 rings (SSSR count). The molecule has 24 heavy (non-hydrogen) atoms. The average Bonchev–Trinajstić information content (AvgIpc) is 3.03. The molecule has 4 N–H and O–H groups in total. The Bertz CT molecular complexity index is 575. The van der Waals surface area contributed by atoms with Gasteiger partial charge in [-0.1, -0.05) is 6.42 Å². The lowest BCUT2D eigenvalue weighted by atomic mass is 9.91. The van der Waals surface area contributed by atoms with E-state index in [-0.39, 0.29) is 12.5 Å². The molecule has 2 atom stereocenters. The maximum absolute atomic E-state index is 11.7. The number of hydrogen-bond donors (Lipinski definition) is 3. The third kappa shape index (κ3) is 4.02. The molecule has 132 valence electrons. The summed E-state index contributed by atoms with van der Waals surface area (Å²) in [7, 11) is 0. The fraction of sp³-hybridized carbons (Fsp3) is 0.706. The standard InChI is InChI=1S/C17H26N4O3/c18-16(23)14-9-19-17(20-13-4-6-24-7-5-13)21-15(14)8-11-2-1-3-12(11)10-22/h9,11-13,22H,1-8,10H2,(H2,18,23)(H,19,20,21)/t11-,12-/m0/s1. The van der Waals surface area contributed by atoms with E-state index in [4.69, 9.17) is 10.5 Å². The van der Waals surface area contributed by atoms with Gasteiger partial charge in [0.2, 0.25) is 5.95 Å². The molecule has 2 aliphatic rings. The fourth-order valence-corrected chi connectivity index (χ4v) is 3.74. The molecule has 0 unspecified atom stereocenters. The van der Waals surface area contributed by atoms with Gasteiger partial charge < -0.3 is 20.9 Å². The molecule has 1 amide bonds. The Morgan fingerprint density at radius 2 is 2.04 bits per heavy atom. The highest BCUT2D eigenvalue weighted by molar-refractivity contribution is 5.93. The molecule has 0 bridgehead atoms. The number of nitrogens with one attached hydrogen (secondary N) is 1. The van der Waals surface area contributed by atoms with E-state index >= 15 is 0 Å². The van der Waals surface area contributed by atoms with Crippen molar-refractivity contribution >= 4 is 11.9 Å². The second kappa shape index (κ2) is 7.90. The van der Waals surface area contributed by atoms with Gasteiger partial charge >= 0.3 is 0 Å². The highest BCUT2D eigenvalue weighted by Crippen LogP contribution is 2.34. The van der Waals surface area contributed by atoms with Crippen LogP contribution in [0.1, 0.15) is 48.2 Å². The zero-order valence-electron chi connectivity index (χ0n) is 13.9. The molecule has 1 aromatic heterocycles. The molecule has 1 aliphatic heterocycles. The van der Waals surface area contributed by atoms with Gasteiger partial charge in [0.25, 0.3) is 5.91 Å². The van der Waals surface area contributed by atoms with Crippen molar-refractivity contribution in [3.63, 3.8) is 0 Å². The average molecular weight is 334 g/mol. The van der Waals surface area contributed by atoms with Gasteiger partial charge in [0.1, 0.15) is 0 Å². The number of carbonyl (C=O) groups is 1. The van der Waals surface area contributed by atoms with Crippen molar-refractivity contribution in [1.82, 2.24) is 9.97 Å². The summed E-state index contributed by atoms with van der Waals surface area (Å²) < 4.78 is 5.36. The Hall–Kier alpha value is -1.73. The molecule has 7 heteroatoms. The third-order valence-corrected chi connectivity index (χ3v) is 5.19. The third-order valence-electron chi connectivity index (χ3n) is 5.19. The van der Waals surface area contributed by atoms with Crippen LogP contribution in [0.2, 0.25) is 0 Å². The Kier molecular flexibility index (Phi) is 5.63. The summed E-state index contributed by atoms with van der Waals surface area (Å²) >= 11 is 0. The quantitative estimate of drug-likeness (QED) is 0.719. The van der Waals surface area contributed by atoms with Gasteiger partial charge in [0.05, 0.1) is 11.3 Å². The second-order valence-electron chi connectivity index (χ2n) is 6.79. The van der Waals surface area contributed by atoms with Crippen molar-refractivity contribution in [2.24, 2.45) is 17.6 Å². The van der Waals surface area contributed by atoms with Gasteiger partial charge in [-0.3, -0.25) is 4.79 Å². The lowest BCUT2D eigenvalue weighted by molar-refractivity contribution is 0.0903. The van der Waals surface area contributed by atoms with Crippen LogP contribution < -0.4 is 11.1 Å². The van der Waals surface area contributed by atoms with Crippen molar-refractivity contribution in [3.05, 3.63) is 17.5 Å². The first-order chi connectivity index (χ1) is 11.7. The monoisotopic (exact) mass is 334 g/mol. The maximum atomic E-state index is 11.7. The minimum absolute atomic E-state index is 0.189. The van der Waals surface area contributed by atoms with E-state index in [0.717, 1.165) is 45.3 Å². The Balaban J connectivity index is 1.76. The van der Waals surface area contributed by atoms with E-state index < -0.39 is 5.91 Å². The summed E-state index contributed by atoms with van der Waals surface area (Å²) in [6, 6.07) is 0.294. The molecule has 1 saturated carbocycles. The zero-order chi connectivity index (χ0) is 16.9. The van der Waals surface area contributed by atoms with Gasteiger partial charge in [0.15, 0.2) is 0 Å². The number of aromatic nitrogens is 2. The van der Waals surface area contributed by atoms with Crippen LogP contribution in [0.4, 0.5) is 5.95 Å². The van der Waals surface area contributed by atoms with Gasteiger partial charge in [-0.05, 0) is 43.9 Å². The summed E-state index contributed by atoms with van der Waals surface area (Å²) in [5.41, 5.74) is 6.56. The zero-order valence-corrected chi connectivity index (χ0v) is 13.9. The van der Waals surface area contributed by atoms with Gasteiger partial charge in [0, 0.05) is 32.1 Å². The van der Waals surface area contributed by atoms with Crippen LogP contribution in [0.5, 0.6) is 0 Å². The van der Waals surface area contributed by atoms with Gasteiger partial charge in [-0.25, -0.2) is 9.97 Å². The smallest absolute Gasteiger partial charge is 0.252 e. The van der Waals surface area contributed by atoms with Crippen molar-refractivity contribution < 1.29 is 14.6 Å². The number of carbonyl (C=O) groups excluding carboxylic acids is 1. The van der Waals surface area contributed by atoms with Crippen molar-refractivity contribution in [2.45, 2.75) is 44.6 Å². The van der Waals surface area contributed by atoms with Crippen molar-refractivity contribution in [1.29, 1.82) is 0 Å². The highest BCUT2D eigenvalue weighted by Gasteiger charge is 2.28. The highest BCUT2D eigenvalue weighted by atomic mass is 16.5. The van der Waals surface area contributed by atoms with Crippen LogP contribution in [0.15, 0.2) is 6.20 Å². The maximum Gasteiger partial charge on any atom is 0.252 e. The largest absolute Gasteiger partial charge is 0.396 e. The van der Waals surface area contributed by atoms with Gasteiger partial charge in [-0.15, -0.1) is 0 Å². The second-order valence-corrected chi connectivity index (χ2v) is 6.79. The van der Waals surface area contributed by atoms with E-state index in [1.54, 1.807) is 0 Å². The number of aliphatic hydroxyl groups excluding tert-OH is 1. The Morgan fingerprint density at radius 3 is 2.75 bits per heavy atom. The lowest BCUT2D eigenvalue weighted by Crippen LogP contribution is -2.29. The number of hydrogen-bond acceptors (Lipinski definition) is 6. The van der Waals surface area contributed by atoms with Crippen molar-refractivity contribution in [2.75, 3.05) is 25.1 Å². The first kappa shape index (κ1) is 17.1. The number of ether oxygens (including phenoxy) is 1. The molecule has 1 aromatic rings. The molecule has 0 radical (unpaired) electrons. The molecule has 2 fully saturated rings. The molecule has 7 nitrogen and oxygen atoms in total. The minimum Gasteiger partial charge on any atom is -0.396 e. The topological polar surface area (TPSA) is 110 Å². The predicted molar refractivity (Wildman–Crippen MR) is 89.6 cm³/mol. The van der Waals surface area contributed by atoms with Crippen molar-refractivity contribution in [3.8, 4) is 0 Å². The minimum atomic E-state index is -0.499. The first-order valence-electron chi connectivity index (χ1n) is 8.78. The van der Waals surface area contributed by atoms with Crippen LogP contribution in [0.25, 0.3) is 0 Å². The van der Waals surface area contributed by atoms with Crippen LogP contribution in [0, 0.1) is 11.8 Å². The molecule has 1 aliphatic carbocycles. The number of amides is 1. The SMILES string of the molecule is NC(=O)c1cnc(NC2CCOCC2)nc1C[C@@H]1CCC[C@H]1CO. The molecule has 2 heterocycles. The molecule has 0 spiro atoms. The van der Waals surface area contributed by atoms with Crippen LogP contribution in [-0.4, -0.2) is 46.8 Å². The van der Waals surface area contributed by atoms with Gasteiger partial charge in [-0.2, -0.15) is 0 Å². The number of nitrogens with two attached hydrogens (primary N) is 1. The van der Waals surface area contributed by atoms with Crippen LogP contribution in [-0.2, 0) is 11.2 Å². The number of anilines is 1. The lowest BCUT2D eigenvalue weighted by Gasteiger charge is -2.23. The number of primary amides is 1. The Labute approximate surface area is 142 Å². The molecule has 1 saturated heterocycles. The van der Waals surface area contributed by atoms with E-state index in [1.807, 2.05) is 0 Å². The molecular weight excluding hydrogens is 308 g/mol. The molecular formula is C17H26N4O3. The fourth-order valence-electron chi connectivity index (χ4n) is 3.74. The van der Waals surface area contributed by atoms with E-state index in [9.17, 15) is 9.90 Å². The van der Waals surface area contributed by atoms with Crippen LogP contribution >= 0.6 is 0 Å². The van der Waals surface area contributed by atoms with Crippen LogP contribution in [0.3, 0.4) is 0 Å². The predicted octanol–water partition coefficient (Wildman–Crippen LogP) is 1.12. The number of aliphatic hydroxyl groups is 1. The summed E-state index contributed by atoms with van der Waals surface area (Å²) in [6.07, 6.45) is 7.22. The van der Waals surface area contributed by atoms with E-state index in [0.29, 0.717) is 35.6 Å². The van der Waals surface area contributed by atoms with E-state index in [1.165, 1.54) is 6.20 Å². The summed E-state index contributed by atoms with van der Waals surface area (Å²) in [4.78, 5) is 20.5. The summed E-state index contributed by atoms with van der Waals surface area (Å²) in [5.74, 6) is 0.674. The first-order valence-corrected chi connectivity index (χ1v) is 8.78. The summed E-state index contributed by atoms with van der Waals surface area (Å²) in [5, 5.41) is 12.8. The summed E-state index contributed by atoms with van der Waals surface area (Å²) in [6.45, 7) is 1.67. The van der Waals surface area contributed by atoms with E-state index in [2.05, 4.69) is 15.3 Å². The Morgan fingerprint density at radius 1 is 1.29 bits per heavy atom. The number of nitrogens with zero attached hydrogens (tertiary/aromatic N) is 2. The normalized spacial score (nSPS) is 24.9. The molecule has 0 aromatic carbocycles.